The Kier molecular flexibility index (Phi) is 7.17. The van der Waals surface area contributed by atoms with Gasteiger partial charge in [-0.15, -0.1) is 0 Å². The lowest BCUT2D eigenvalue weighted by atomic mass is 10.1. The molecule has 0 aromatic heterocycles. The molecule has 0 radical (unpaired) electrons. The first kappa shape index (κ1) is 21.4. The molecule has 7 nitrogen and oxygen atoms in total. The van der Waals surface area contributed by atoms with Gasteiger partial charge >= 0.3 is 5.97 Å². The number of sulfone groups is 1. The molecule has 0 spiro atoms. The lowest BCUT2D eigenvalue weighted by Gasteiger charge is -2.10. The van der Waals surface area contributed by atoms with E-state index in [0.29, 0.717) is 18.5 Å². The molecule has 0 aliphatic carbocycles. The van der Waals surface area contributed by atoms with Crippen LogP contribution in [0.2, 0.25) is 0 Å². The summed E-state index contributed by atoms with van der Waals surface area (Å²) in [7, 11) is -1.87. The number of hydrogen-bond donors (Lipinski definition) is 1. The normalized spacial score (nSPS) is 11.0. The topological polar surface area (TPSA) is 98.8 Å². The van der Waals surface area contributed by atoms with Crippen molar-refractivity contribution in [1.82, 2.24) is 5.32 Å². The minimum absolute atomic E-state index is 0.0197. The molecular formula is C20H23NO6S. The Morgan fingerprint density at radius 2 is 1.82 bits per heavy atom. The molecule has 0 atom stereocenters. The maximum atomic E-state index is 12.2. The summed E-state index contributed by atoms with van der Waals surface area (Å²) >= 11 is 0. The van der Waals surface area contributed by atoms with Crippen molar-refractivity contribution in [1.29, 1.82) is 0 Å². The Hall–Kier alpha value is -2.87. The second kappa shape index (κ2) is 9.36. The number of carbonyl (C=O) groups excluding carboxylic acids is 2. The van der Waals surface area contributed by atoms with E-state index >= 15 is 0 Å². The largest absolute Gasteiger partial charge is 0.496 e. The van der Waals surface area contributed by atoms with E-state index < -0.39 is 28.3 Å². The monoisotopic (exact) mass is 405 g/mol. The molecule has 2 rings (SSSR count). The van der Waals surface area contributed by atoms with Crippen molar-refractivity contribution >= 4 is 21.7 Å². The Labute approximate surface area is 164 Å². The summed E-state index contributed by atoms with van der Waals surface area (Å²) in [5.74, 6) is -0.451. The third kappa shape index (κ3) is 5.82. The zero-order valence-corrected chi connectivity index (χ0v) is 16.8. The van der Waals surface area contributed by atoms with E-state index in [1.165, 1.54) is 18.2 Å². The third-order valence-electron chi connectivity index (χ3n) is 4.10. The summed E-state index contributed by atoms with van der Waals surface area (Å²) in [6.45, 7) is 1.57. The van der Waals surface area contributed by atoms with Crippen LogP contribution in [0.1, 0.15) is 21.5 Å². The number of esters is 1. The molecule has 2 aromatic carbocycles. The molecule has 2 aromatic rings. The molecule has 1 amide bonds. The van der Waals surface area contributed by atoms with Crippen LogP contribution >= 0.6 is 0 Å². The number of amides is 1. The fourth-order valence-electron chi connectivity index (χ4n) is 2.56. The lowest BCUT2D eigenvalue weighted by Crippen LogP contribution is -2.30. The van der Waals surface area contributed by atoms with Crippen molar-refractivity contribution < 1.29 is 27.5 Å². The number of methoxy groups -OCH3 is 1. The van der Waals surface area contributed by atoms with Gasteiger partial charge in [-0.05, 0) is 42.7 Å². The SMILES string of the molecule is COc1ccccc1CCNC(=O)COC(=O)c1cc(S(C)(=O)=O)ccc1C. The van der Waals surface area contributed by atoms with Gasteiger partial charge in [0.25, 0.3) is 5.91 Å². The summed E-state index contributed by atoms with van der Waals surface area (Å²) in [5, 5.41) is 2.67. The predicted molar refractivity (Wildman–Crippen MR) is 104 cm³/mol. The van der Waals surface area contributed by atoms with Crippen LogP contribution in [0.25, 0.3) is 0 Å². The van der Waals surface area contributed by atoms with Gasteiger partial charge in [-0.1, -0.05) is 24.3 Å². The van der Waals surface area contributed by atoms with Gasteiger partial charge in [0.15, 0.2) is 16.4 Å². The van der Waals surface area contributed by atoms with E-state index in [1.807, 2.05) is 24.3 Å². The van der Waals surface area contributed by atoms with E-state index in [0.717, 1.165) is 17.6 Å². The highest BCUT2D eigenvalue weighted by molar-refractivity contribution is 7.90. The lowest BCUT2D eigenvalue weighted by molar-refractivity contribution is -0.124. The first-order chi connectivity index (χ1) is 13.2. The van der Waals surface area contributed by atoms with E-state index in [4.69, 9.17) is 9.47 Å². The van der Waals surface area contributed by atoms with Gasteiger partial charge in [0.1, 0.15) is 5.75 Å². The zero-order chi connectivity index (χ0) is 20.7. The summed E-state index contributed by atoms with van der Waals surface area (Å²) in [4.78, 5) is 24.2. The molecule has 0 fully saturated rings. The summed E-state index contributed by atoms with van der Waals surface area (Å²) in [5.41, 5.74) is 1.63. The van der Waals surface area contributed by atoms with Gasteiger partial charge in [-0.3, -0.25) is 4.79 Å². The summed E-state index contributed by atoms with van der Waals surface area (Å²) < 4.78 is 33.5. The fraction of sp³-hybridized carbons (Fsp3) is 0.300. The molecule has 1 N–H and O–H groups in total. The van der Waals surface area contributed by atoms with Crippen molar-refractivity contribution in [2.45, 2.75) is 18.2 Å². The Bertz CT molecular complexity index is 968. The van der Waals surface area contributed by atoms with Gasteiger partial charge < -0.3 is 14.8 Å². The molecule has 0 saturated carbocycles. The van der Waals surface area contributed by atoms with Crippen LogP contribution in [0.3, 0.4) is 0 Å². The molecule has 0 aliphatic heterocycles. The van der Waals surface area contributed by atoms with E-state index in [9.17, 15) is 18.0 Å². The van der Waals surface area contributed by atoms with Crippen molar-refractivity contribution in [2.24, 2.45) is 0 Å². The number of nitrogens with one attached hydrogen (secondary N) is 1. The number of rotatable bonds is 8. The van der Waals surface area contributed by atoms with E-state index in [-0.39, 0.29) is 10.5 Å². The quantitative estimate of drug-likeness (QED) is 0.674. The fourth-order valence-corrected chi connectivity index (χ4v) is 3.20. The number of carbonyl (C=O) groups is 2. The third-order valence-corrected chi connectivity index (χ3v) is 5.21. The zero-order valence-electron chi connectivity index (χ0n) is 16.0. The van der Waals surface area contributed by atoms with Crippen LogP contribution in [0.5, 0.6) is 5.75 Å². The standard InChI is InChI=1S/C20H23NO6S/c1-14-8-9-16(28(3,24)25)12-17(14)20(23)27-13-19(22)21-11-10-15-6-4-5-7-18(15)26-2/h4-9,12H,10-11,13H2,1-3H3,(H,21,22). The molecule has 0 aliphatic rings. The van der Waals surface area contributed by atoms with Gasteiger partial charge in [0, 0.05) is 12.8 Å². The average molecular weight is 405 g/mol. The van der Waals surface area contributed by atoms with Crippen LogP contribution in [-0.4, -0.2) is 46.8 Å². The summed E-state index contributed by atoms with van der Waals surface area (Å²) in [6.07, 6.45) is 1.63. The number of ether oxygens (including phenoxy) is 2. The van der Waals surface area contributed by atoms with Crippen molar-refractivity contribution in [3.05, 3.63) is 59.2 Å². The van der Waals surface area contributed by atoms with Gasteiger partial charge in [-0.2, -0.15) is 0 Å². The van der Waals surface area contributed by atoms with Crippen LogP contribution in [0, 0.1) is 6.92 Å². The smallest absolute Gasteiger partial charge is 0.338 e. The van der Waals surface area contributed by atoms with Crippen LogP contribution in [0.4, 0.5) is 0 Å². The maximum Gasteiger partial charge on any atom is 0.338 e. The number of hydrogen-bond acceptors (Lipinski definition) is 6. The van der Waals surface area contributed by atoms with Crippen molar-refractivity contribution in [2.75, 3.05) is 26.5 Å². The van der Waals surface area contributed by atoms with Crippen LogP contribution in [0.15, 0.2) is 47.4 Å². The minimum atomic E-state index is -3.45. The highest BCUT2D eigenvalue weighted by Gasteiger charge is 2.16. The van der Waals surface area contributed by atoms with Gasteiger partial charge in [-0.25, -0.2) is 13.2 Å². The van der Waals surface area contributed by atoms with Crippen LogP contribution in [-0.2, 0) is 25.8 Å². The Morgan fingerprint density at radius 1 is 1.11 bits per heavy atom. The number of para-hydroxylation sites is 1. The van der Waals surface area contributed by atoms with E-state index in [2.05, 4.69) is 5.32 Å². The van der Waals surface area contributed by atoms with Gasteiger partial charge in [0.2, 0.25) is 0 Å². The van der Waals surface area contributed by atoms with Crippen molar-refractivity contribution in [3.8, 4) is 5.75 Å². The highest BCUT2D eigenvalue weighted by atomic mass is 32.2. The molecule has 0 unspecified atom stereocenters. The predicted octanol–water partition coefficient (Wildman–Crippen LogP) is 1.92. The molecular weight excluding hydrogens is 382 g/mol. The Morgan fingerprint density at radius 3 is 2.50 bits per heavy atom. The first-order valence-electron chi connectivity index (χ1n) is 8.59. The first-order valence-corrected chi connectivity index (χ1v) is 10.5. The Balaban J connectivity index is 1.88. The second-order valence-corrected chi connectivity index (χ2v) is 8.25. The average Bonchev–Trinajstić information content (AvgIpc) is 2.66. The molecule has 0 saturated heterocycles. The maximum absolute atomic E-state index is 12.2. The van der Waals surface area contributed by atoms with Gasteiger partial charge in [0.05, 0.1) is 17.6 Å². The van der Waals surface area contributed by atoms with E-state index in [1.54, 1.807) is 14.0 Å². The molecule has 0 heterocycles. The summed E-state index contributed by atoms with van der Waals surface area (Å²) in [6, 6.07) is 11.7. The molecule has 150 valence electrons. The van der Waals surface area contributed by atoms with Crippen LogP contribution < -0.4 is 10.1 Å². The molecule has 0 bridgehead atoms. The molecule has 8 heteroatoms. The number of aryl methyl sites for hydroxylation is 1. The minimum Gasteiger partial charge on any atom is -0.496 e. The second-order valence-electron chi connectivity index (χ2n) is 6.24. The molecule has 28 heavy (non-hydrogen) atoms. The van der Waals surface area contributed by atoms with Crippen molar-refractivity contribution in [3.63, 3.8) is 0 Å². The highest BCUT2D eigenvalue weighted by Crippen LogP contribution is 2.18. The number of benzene rings is 2.